The molecule has 35 heavy (non-hydrogen) atoms. The average Bonchev–Trinajstić information content (AvgIpc) is 2.82. The predicted molar refractivity (Wildman–Crippen MR) is 129 cm³/mol. The first-order valence-corrected chi connectivity index (χ1v) is 10.6. The highest BCUT2D eigenvalue weighted by atomic mass is 16.5. The van der Waals surface area contributed by atoms with Crippen LogP contribution >= 0.6 is 0 Å². The van der Waals surface area contributed by atoms with Gasteiger partial charge in [-0.3, -0.25) is 19.7 Å². The molecule has 176 valence electrons. The van der Waals surface area contributed by atoms with Crippen molar-refractivity contribution in [3.8, 4) is 11.5 Å². The van der Waals surface area contributed by atoms with Gasteiger partial charge in [-0.05, 0) is 72.7 Å². The molecule has 1 saturated heterocycles. The lowest BCUT2D eigenvalue weighted by atomic mass is 10.1. The fourth-order valence-corrected chi connectivity index (χ4v) is 3.42. The molecule has 3 aromatic carbocycles. The summed E-state index contributed by atoms with van der Waals surface area (Å²) < 4.78 is 5.56. The van der Waals surface area contributed by atoms with Crippen LogP contribution in [0.5, 0.6) is 11.5 Å². The van der Waals surface area contributed by atoms with Gasteiger partial charge in [-0.2, -0.15) is 0 Å². The van der Waals surface area contributed by atoms with Gasteiger partial charge < -0.3 is 15.2 Å². The molecule has 0 aromatic heterocycles. The summed E-state index contributed by atoms with van der Waals surface area (Å²) in [5.74, 6) is -1.67. The second-order valence-corrected chi connectivity index (χ2v) is 7.75. The van der Waals surface area contributed by atoms with Gasteiger partial charge in [0.1, 0.15) is 17.1 Å². The van der Waals surface area contributed by atoms with Crippen molar-refractivity contribution in [2.24, 2.45) is 0 Å². The summed E-state index contributed by atoms with van der Waals surface area (Å²) in [6, 6.07) is 18.4. The molecule has 5 amide bonds. The largest absolute Gasteiger partial charge is 0.508 e. The Morgan fingerprint density at radius 1 is 1.03 bits per heavy atom. The zero-order valence-electron chi connectivity index (χ0n) is 18.6. The van der Waals surface area contributed by atoms with Gasteiger partial charge in [-0.25, -0.2) is 9.69 Å². The summed E-state index contributed by atoms with van der Waals surface area (Å²) >= 11 is 0. The highest BCUT2D eigenvalue weighted by molar-refractivity contribution is 6.39. The number of nitrogens with one attached hydrogen (secondary N) is 2. The van der Waals surface area contributed by atoms with Crippen LogP contribution in [0.15, 0.2) is 78.4 Å². The van der Waals surface area contributed by atoms with Crippen molar-refractivity contribution in [2.75, 3.05) is 16.8 Å². The number of rotatable bonds is 6. The highest BCUT2D eigenvalue weighted by Gasteiger charge is 2.36. The fraction of sp³-hybridized carbons (Fsp3) is 0.0769. The number of hydrogen-bond acceptors (Lipinski definition) is 6. The molecule has 0 saturated carbocycles. The van der Waals surface area contributed by atoms with E-state index in [2.05, 4.69) is 10.6 Å². The van der Waals surface area contributed by atoms with Crippen LogP contribution in [-0.4, -0.2) is 35.5 Å². The summed E-state index contributed by atoms with van der Waals surface area (Å²) in [6.45, 7) is 1.68. The number of phenolic OH excluding ortho intramolecular Hbond substituents is 1. The first-order chi connectivity index (χ1) is 16.8. The molecule has 9 heteroatoms. The number of imide groups is 2. The summed E-state index contributed by atoms with van der Waals surface area (Å²) in [6.07, 6.45) is 1.33. The molecular weight excluding hydrogens is 450 g/mol. The zero-order valence-corrected chi connectivity index (χ0v) is 18.6. The second kappa shape index (κ2) is 9.92. The normalized spacial score (nSPS) is 14.6. The Bertz CT molecular complexity index is 1350. The van der Waals surface area contributed by atoms with Gasteiger partial charge in [-0.1, -0.05) is 24.3 Å². The van der Waals surface area contributed by atoms with Crippen molar-refractivity contribution >= 4 is 41.2 Å². The van der Waals surface area contributed by atoms with Crippen LogP contribution in [0.4, 0.5) is 16.2 Å². The van der Waals surface area contributed by atoms with E-state index in [9.17, 15) is 24.3 Å². The van der Waals surface area contributed by atoms with Crippen molar-refractivity contribution in [1.29, 1.82) is 0 Å². The first-order valence-electron chi connectivity index (χ1n) is 10.6. The molecule has 9 nitrogen and oxygen atoms in total. The number of carbonyl (C=O) groups excluding carboxylic acids is 4. The quantitative estimate of drug-likeness (QED) is 0.374. The van der Waals surface area contributed by atoms with E-state index >= 15 is 0 Å². The second-order valence-electron chi connectivity index (χ2n) is 7.75. The predicted octanol–water partition coefficient (Wildman–Crippen LogP) is 3.38. The third-order valence-electron chi connectivity index (χ3n) is 5.05. The van der Waals surface area contributed by atoms with Crippen LogP contribution in [0.1, 0.15) is 11.1 Å². The number of phenols is 1. The molecule has 3 aromatic rings. The van der Waals surface area contributed by atoms with E-state index in [4.69, 9.17) is 4.74 Å². The number of nitrogens with zero attached hydrogens (tertiary/aromatic N) is 1. The minimum absolute atomic E-state index is 0.0326. The van der Waals surface area contributed by atoms with Crippen molar-refractivity contribution in [3.63, 3.8) is 0 Å². The van der Waals surface area contributed by atoms with Crippen LogP contribution in [0.3, 0.4) is 0 Å². The number of ether oxygens (including phenoxy) is 1. The molecular formula is C26H21N3O6. The van der Waals surface area contributed by atoms with Gasteiger partial charge >= 0.3 is 6.03 Å². The molecule has 1 aliphatic rings. The maximum absolute atomic E-state index is 13.0. The van der Waals surface area contributed by atoms with Crippen LogP contribution in [0, 0.1) is 6.92 Å². The Hall–Kier alpha value is -4.92. The first kappa shape index (κ1) is 23.2. The number of carbonyl (C=O) groups is 4. The molecule has 0 radical (unpaired) electrons. The smallest absolute Gasteiger partial charge is 0.335 e. The van der Waals surface area contributed by atoms with Crippen molar-refractivity contribution in [2.45, 2.75) is 6.92 Å². The summed E-state index contributed by atoms with van der Waals surface area (Å²) in [5.41, 5.74) is 2.07. The Labute approximate surface area is 200 Å². The Morgan fingerprint density at radius 3 is 2.51 bits per heavy atom. The van der Waals surface area contributed by atoms with E-state index in [1.165, 1.54) is 30.3 Å². The fourth-order valence-electron chi connectivity index (χ4n) is 3.42. The van der Waals surface area contributed by atoms with E-state index in [1.807, 2.05) is 25.1 Å². The average molecular weight is 471 g/mol. The lowest BCUT2D eigenvalue weighted by Crippen LogP contribution is -2.54. The maximum Gasteiger partial charge on any atom is 0.335 e. The van der Waals surface area contributed by atoms with Gasteiger partial charge in [-0.15, -0.1) is 0 Å². The van der Waals surface area contributed by atoms with Crippen molar-refractivity contribution in [1.82, 2.24) is 5.32 Å². The number of amides is 5. The summed E-state index contributed by atoms with van der Waals surface area (Å²) in [7, 11) is 0. The van der Waals surface area contributed by atoms with Crippen LogP contribution in [0.2, 0.25) is 0 Å². The number of aryl methyl sites for hydroxylation is 1. The van der Waals surface area contributed by atoms with Crippen molar-refractivity contribution < 1.29 is 29.0 Å². The molecule has 0 bridgehead atoms. The topological polar surface area (TPSA) is 125 Å². The van der Waals surface area contributed by atoms with E-state index in [0.717, 1.165) is 10.5 Å². The number of urea groups is 1. The van der Waals surface area contributed by atoms with E-state index in [-0.39, 0.29) is 29.5 Å². The lowest BCUT2D eigenvalue weighted by molar-refractivity contribution is -0.122. The SMILES string of the molecule is Cc1cccc(NC(=O)COc2cccc(C=C3C(=O)NC(=O)N(c4ccc(O)cc4)C3=O)c2)c1. The third kappa shape index (κ3) is 5.53. The molecule has 3 N–H and O–H groups in total. The van der Waals surface area contributed by atoms with Gasteiger partial charge in [0.05, 0.1) is 5.69 Å². The Morgan fingerprint density at radius 2 is 1.77 bits per heavy atom. The van der Waals surface area contributed by atoms with Crippen LogP contribution in [0.25, 0.3) is 6.08 Å². The monoisotopic (exact) mass is 471 g/mol. The molecule has 0 spiro atoms. The van der Waals surface area contributed by atoms with Gasteiger partial charge in [0, 0.05) is 5.69 Å². The molecule has 4 rings (SSSR count). The van der Waals surface area contributed by atoms with Gasteiger partial charge in [0.15, 0.2) is 6.61 Å². The van der Waals surface area contributed by atoms with Crippen LogP contribution in [-0.2, 0) is 14.4 Å². The third-order valence-corrected chi connectivity index (χ3v) is 5.05. The number of hydrogen-bond donors (Lipinski definition) is 3. The zero-order chi connectivity index (χ0) is 24.9. The maximum atomic E-state index is 13.0. The minimum atomic E-state index is -0.889. The minimum Gasteiger partial charge on any atom is -0.508 e. The van der Waals surface area contributed by atoms with E-state index < -0.39 is 17.8 Å². The highest BCUT2D eigenvalue weighted by Crippen LogP contribution is 2.24. The standard InChI is InChI=1S/C26H21N3O6/c1-16-4-2-6-18(12-16)27-23(31)15-35-21-7-3-5-17(13-21)14-22-24(32)28-26(34)29(25(22)33)19-8-10-20(30)11-9-19/h2-14,30H,15H2,1H3,(H,27,31)(H,28,32,34). The summed E-state index contributed by atoms with van der Waals surface area (Å²) in [5, 5.41) is 14.3. The number of benzene rings is 3. The Kier molecular flexibility index (Phi) is 6.59. The Balaban J connectivity index is 1.48. The lowest BCUT2D eigenvalue weighted by Gasteiger charge is -2.26. The van der Waals surface area contributed by atoms with Gasteiger partial charge in [0.25, 0.3) is 17.7 Å². The molecule has 0 atom stereocenters. The summed E-state index contributed by atoms with van der Waals surface area (Å²) in [4.78, 5) is 50.6. The van der Waals surface area contributed by atoms with Crippen molar-refractivity contribution in [3.05, 3.63) is 89.5 Å². The van der Waals surface area contributed by atoms with E-state index in [0.29, 0.717) is 17.0 Å². The molecule has 0 aliphatic carbocycles. The van der Waals surface area contributed by atoms with E-state index in [1.54, 1.807) is 30.3 Å². The van der Waals surface area contributed by atoms with Gasteiger partial charge in [0.2, 0.25) is 0 Å². The molecule has 0 unspecified atom stereocenters. The number of anilines is 2. The molecule has 1 aliphatic heterocycles. The molecule has 1 heterocycles. The molecule has 1 fully saturated rings. The number of barbiturate groups is 1. The number of aromatic hydroxyl groups is 1. The van der Waals surface area contributed by atoms with Crippen LogP contribution < -0.4 is 20.3 Å².